The van der Waals surface area contributed by atoms with E-state index in [-0.39, 0.29) is 11.9 Å². The predicted molar refractivity (Wildman–Crippen MR) is 82.2 cm³/mol. The number of hydrogen-bond donors (Lipinski definition) is 2. The van der Waals surface area contributed by atoms with E-state index in [0.717, 1.165) is 16.3 Å². The maximum atomic E-state index is 12.2. The molecule has 1 amide bonds. The van der Waals surface area contributed by atoms with Crippen molar-refractivity contribution in [2.75, 3.05) is 10.6 Å². The lowest BCUT2D eigenvalue weighted by Crippen LogP contribution is -2.34. The second-order valence-electron chi connectivity index (χ2n) is 4.59. The van der Waals surface area contributed by atoms with E-state index in [2.05, 4.69) is 20.8 Å². The highest BCUT2D eigenvalue weighted by Gasteiger charge is 2.17. The number of rotatable bonds is 5. The van der Waals surface area contributed by atoms with Crippen molar-refractivity contribution in [1.29, 1.82) is 0 Å². The van der Waals surface area contributed by atoms with Crippen LogP contribution in [0.3, 0.4) is 0 Å². The van der Waals surface area contributed by atoms with Crippen LogP contribution in [0.1, 0.15) is 23.9 Å². The third-order valence-corrected chi connectivity index (χ3v) is 3.59. The summed E-state index contributed by atoms with van der Waals surface area (Å²) in [7, 11) is 0. The smallest absolute Gasteiger partial charge is 0.248 e. The van der Waals surface area contributed by atoms with Crippen LogP contribution >= 0.6 is 11.3 Å². The maximum absolute atomic E-state index is 12.2. The van der Waals surface area contributed by atoms with Crippen molar-refractivity contribution >= 4 is 28.1 Å². The second kappa shape index (κ2) is 6.47. The molecule has 5 nitrogen and oxygen atoms in total. The maximum Gasteiger partial charge on any atom is 0.248 e. The summed E-state index contributed by atoms with van der Waals surface area (Å²) in [5.41, 5.74) is 2.10. The normalized spacial score (nSPS) is 11.9. The van der Waals surface area contributed by atoms with Crippen LogP contribution in [-0.2, 0) is 4.79 Å². The van der Waals surface area contributed by atoms with Crippen LogP contribution in [0.25, 0.3) is 0 Å². The van der Waals surface area contributed by atoms with Gasteiger partial charge in [0, 0.05) is 5.69 Å². The third-order valence-electron chi connectivity index (χ3n) is 2.84. The average Bonchev–Trinajstić information content (AvgIpc) is 2.81. The van der Waals surface area contributed by atoms with E-state index in [9.17, 15) is 4.79 Å². The fraction of sp³-hybridized carbons (Fsp3) is 0.357. The molecule has 0 unspecified atom stereocenters. The molecular formula is C14H18N4OS. The molecule has 0 fully saturated rings. The van der Waals surface area contributed by atoms with E-state index in [4.69, 9.17) is 0 Å². The first kappa shape index (κ1) is 14.5. The quantitative estimate of drug-likeness (QED) is 0.888. The third kappa shape index (κ3) is 3.77. The Bertz CT molecular complexity index is 596. The molecule has 0 bridgehead atoms. The minimum absolute atomic E-state index is 0.0924. The van der Waals surface area contributed by atoms with Crippen molar-refractivity contribution in [2.24, 2.45) is 0 Å². The summed E-state index contributed by atoms with van der Waals surface area (Å²) in [4.78, 5) is 12.2. The molecule has 0 aliphatic heterocycles. The zero-order valence-corrected chi connectivity index (χ0v) is 12.6. The van der Waals surface area contributed by atoms with E-state index >= 15 is 0 Å². The molecule has 1 aromatic carbocycles. The van der Waals surface area contributed by atoms with Gasteiger partial charge in [-0.1, -0.05) is 30.4 Å². The fourth-order valence-corrected chi connectivity index (χ4v) is 2.42. The molecule has 0 radical (unpaired) electrons. The summed E-state index contributed by atoms with van der Waals surface area (Å²) < 4.78 is 0. The number of nitrogens with zero attached hydrogens (tertiary/aromatic N) is 2. The Morgan fingerprint density at radius 3 is 2.75 bits per heavy atom. The topological polar surface area (TPSA) is 66.9 Å². The number of benzene rings is 1. The lowest BCUT2D eigenvalue weighted by molar-refractivity contribution is -0.117. The molecule has 0 saturated carbocycles. The van der Waals surface area contributed by atoms with E-state index in [0.29, 0.717) is 11.6 Å². The molecule has 0 aliphatic rings. The summed E-state index contributed by atoms with van der Waals surface area (Å²) in [6, 6.07) is 7.68. The second-order valence-corrected chi connectivity index (χ2v) is 5.77. The summed E-state index contributed by atoms with van der Waals surface area (Å²) in [5.74, 6) is -0.0924. The van der Waals surface area contributed by atoms with E-state index < -0.39 is 0 Å². The standard InChI is InChI=1S/C14H18N4OS/c1-4-12(15-11-7-5-6-9(2)8-11)13(19)16-14-18-17-10(3)20-14/h5-8,12,15H,4H2,1-3H3,(H,16,18,19)/t12-/m1/s1. The first-order chi connectivity index (χ1) is 9.58. The van der Waals surface area contributed by atoms with Crippen molar-refractivity contribution in [3.8, 4) is 0 Å². The predicted octanol–water partition coefficient (Wildman–Crippen LogP) is 2.98. The van der Waals surface area contributed by atoms with Gasteiger partial charge in [-0.15, -0.1) is 10.2 Å². The number of hydrogen-bond acceptors (Lipinski definition) is 5. The summed E-state index contributed by atoms with van der Waals surface area (Å²) in [6.45, 7) is 5.85. The van der Waals surface area contributed by atoms with Gasteiger partial charge in [0.2, 0.25) is 11.0 Å². The Hall–Kier alpha value is -1.95. The highest BCUT2D eigenvalue weighted by atomic mass is 32.1. The van der Waals surface area contributed by atoms with Gasteiger partial charge in [0.15, 0.2) is 0 Å². The van der Waals surface area contributed by atoms with Crippen LogP contribution in [0.5, 0.6) is 0 Å². The Labute approximate surface area is 122 Å². The molecule has 20 heavy (non-hydrogen) atoms. The zero-order valence-electron chi connectivity index (χ0n) is 11.8. The monoisotopic (exact) mass is 290 g/mol. The van der Waals surface area contributed by atoms with Gasteiger partial charge in [0.25, 0.3) is 0 Å². The molecule has 106 valence electrons. The van der Waals surface area contributed by atoms with E-state index in [1.165, 1.54) is 11.3 Å². The van der Waals surface area contributed by atoms with E-state index in [1.54, 1.807) is 0 Å². The molecule has 6 heteroatoms. The van der Waals surface area contributed by atoms with Crippen LogP contribution in [-0.4, -0.2) is 22.1 Å². The van der Waals surface area contributed by atoms with Crippen molar-refractivity contribution < 1.29 is 4.79 Å². The SMILES string of the molecule is CC[C@@H](Nc1cccc(C)c1)C(=O)Nc1nnc(C)s1. The van der Waals surface area contributed by atoms with Gasteiger partial charge >= 0.3 is 0 Å². The number of aryl methyl sites for hydroxylation is 2. The lowest BCUT2D eigenvalue weighted by Gasteiger charge is -2.17. The van der Waals surface area contributed by atoms with Gasteiger partial charge in [-0.3, -0.25) is 10.1 Å². The van der Waals surface area contributed by atoms with Crippen LogP contribution < -0.4 is 10.6 Å². The van der Waals surface area contributed by atoms with E-state index in [1.807, 2.05) is 45.0 Å². The van der Waals surface area contributed by atoms with Crippen LogP contribution in [0, 0.1) is 13.8 Å². The molecular weight excluding hydrogens is 272 g/mol. The zero-order chi connectivity index (χ0) is 14.5. The van der Waals surface area contributed by atoms with Gasteiger partial charge in [-0.05, 0) is 38.0 Å². The molecule has 0 spiro atoms. The summed E-state index contributed by atoms with van der Waals surface area (Å²) in [5, 5.41) is 15.2. The van der Waals surface area contributed by atoms with Gasteiger partial charge in [-0.2, -0.15) is 0 Å². The number of carbonyl (C=O) groups is 1. The minimum Gasteiger partial charge on any atom is -0.374 e. The van der Waals surface area contributed by atoms with Gasteiger partial charge < -0.3 is 5.32 Å². The lowest BCUT2D eigenvalue weighted by atomic mass is 10.1. The van der Waals surface area contributed by atoms with Crippen LogP contribution in [0.4, 0.5) is 10.8 Å². The number of nitrogens with one attached hydrogen (secondary N) is 2. The Balaban J connectivity index is 2.02. The van der Waals surface area contributed by atoms with Crippen molar-refractivity contribution in [3.63, 3.8) is 0 Å². The molecule has 1 heterocycles. The van der Waals surface area contributed by atoms with Crippen molar-refractivity contribution in [1.82, 2.24) is 10.2 Å². The average molecular weight is 290 g/mol. The molecule has 2 rings (SSSR count). The number of amides is 1. The molecule has 2 aromatic rings. The highest BCUT2D eigenvalue weighted by molar-refractivity contribution is 7.15. The van der Waals surface area contributed by atoms with Gasteiger partial charge in [0.05, 0.1) is 0 Å². The highest BCUT2D eigenvalue weighted by Crippen LogP contribution is 2.16. The number of anilines is 2. The fourth-order valence-electron chi connectivity index (χ4n) is 1.83. The first-order valence-corrected chi connectivity index (χ1v) is 7.34. The summed E-state index contributed by atoms with van der Waals surface area (Å²) in [6.07, 6.45) is 0.692. The van der Waals surface area contributed by atoms with Gasteiger partial charge in [0.1, 0.15) is 11.0 Å². The minimum atomic E-state index is -0.291. The van der Waals surface area contributed by atoms with Gasteiger partial charge in [-0.25, -0.2) is 0 Å². The van der Waals surface area contributed by atoms with Crippen LogP contribution in [0.2, 0.25) is 0 Å². The van der Waals surface area contributed by atoms with Crippen LogP contribution in [0.15, 0.2) is 24.3 Å². The first-order valence-electron chi connectivity index (χ1n) is 6.52. The van der Waals surface area contributed by atoms with Crippen molar-refractivity contribution in [2.45, 2.75) is 33.2 Å². The Morgan fingerprint density at radius 2 is 2.15 bits per heavy atom. The number of carbonyl (C=O) groups excluding carboxylic acids is 1. The summed E-state index contributed by atoms with van der Waals surface area (Å²) >= 11 is 1.37. The Morgan fingerprint density at radius 1 is 1.35 bits per heavy atom. The molecule has 2 N–H and O–H groups in total. The molecule has 1 aromatic heterocycles. The van der Waals surface area contributed by atoms with Crippen molar-refractivity contribution in [3.05, 3.63) is 34.8 Å². The molecule has 1 atom stereocenters. The largest absolute Gasteiger partial charge is 0.374 e. The number of aromatic nitrogens is 2. The molecule has 0 aliphatic carbocycles. The molecule has 0 saturated heterocycles. The Kier molecular flexibility index (Phi) is 4.68.